The number of thioether (sulfide) groups is 1. The molecule has 32 heavy (non-hydrogen) atoms. The number of rotatable bonds is 8. The van der Waals surface area contributed by atoms with Crippen molar-refractivity contribution in [2.24, 2.45) is 0 Å². The minimum atomic E-state index is -4.88. The minimum absolute atomic E-state index is 0.112. The minimum Gasteiger partial charge on any atom is -0.362 e. The molecule has 174 valence electrons. The summed E-state index contributed by atoms with van der Waals surface area (Å²) in [5.74, 6) is 0.112. The second-order valence-corrected chi connectivity index (χ2v) is 9.51. The summed E-state index contributed by atoms with van der Waals surface area (Å²) in [5, 5.41) is 0. The van der Waals surface area contributed by atoms with Crippen LogP contribution in [0.4, 0.5) is 43.4 Å². The Hall–Kier alpha value is -2.59. The van der Waals surface area contributed by atoms with E-state index < -0.39 is 40.2 Å². The maximum absolute atomic E-state index is 13.2. The van der Waals surface area contributed by atoms with Crippen molar-refractivity contribution in [3.63, 3.8) is 0 Å². The summed E-state index contributed by atoms with van der Waals surface area (Å²) in [5.41, 5.74) is -1.96. The summed E-state index contributed by atoms with van der Waals surface area (Å²) in [7, 11) is -3.45. The molecule has 13 heteroatoms. The maximum atomic E-state index is 13.2. The van der Waals surface area contributed by atoms with Crippen LogP contribution in [0, 0.1) is 6.57 Å². The fourth-order valence-electron chi connectivity index (χ4n) is 2.67. The first-order valence-electron chi connectivity index (χ1n) is 8.79. The van der Waals surface area contributed by atoms with Gasteiger partial charge in [-0.15, -0.1) is 11.8 Å². The molecule has 0 fully saturated rings. The second kappa shape index (κ2) is 9.91. The molecule has 0 aliphatic rings. The molecule has 0 aromatic heterocycles. The molecule has 0 bridgehead atoms. The highest BCUT2D eigenvalue weighted by atomic mass is 32.2. The Morgan fingerprint density at radius 1 is 1.06 bits per heavy atom. The van der Waals surface area contributed by atoms with Crippen molar-refractivity contribution in [1.29, 1.82) is 0 Å². The molecule has 0 atom stereocenters. The number of benzene rings is 2. The first-order chi connectivity index (χ1) is 14.7. The summed E-state index contributed by atoms with van der Waals surface area (Å²) in [6.07, 6.45) is -8.55. The Balaban J connectivity index is 2.16. The van der Waals surface area contributed by atoms with E-state index in [1.807, 2.05) is 0 Å². The molecule has 5 nitrogen and oxygen atoms in total. The summed E-state index contributed by atoms with van der Waals surface area (Å²) in [6, 6.07) is 8.57. The average Bonchev–Trinajstić information content (AvgIpc) is 2.65. The highest BCUT2D eigenvalue weighted by molar-refractivity contribution is 7.99. The molecule has 0 aliphatic carbocycles. The highest BCUT2D eigenvalue weighted by Gasteiger charge is 2.35. The Labute approximate surface area is 185 Å². The van der Waals surface area contributed by atoms with Crippen LogP contribution in [-0.4, -0.2) is 39.7 Å². The van der Waals surface area contributed by atoms with Gasteiger partial charge in [-0.25, -0.2) is 13.3 Å². The van der Waals surface area contributed by atoms with Gasteiger partial charge in [-0.1, -0.05) is 6.07 Å². The predicted octanol–water partition coefficient (Wildman–Crippen LogP) is 5.79. The van der Waals surface area contributed by atoms with Crippen molar-refractivity contribution in [1.82, 2.24) is 0 Å². The van der Waals surface area contributed by atoms with Crippen LogP contribution in [0.2, 0.25) is 0 Å². The van der Waals surface area contributed by atoms with Crippen LogP contribution < -0.4 is 9.62 Å². The zero-order valence-electron chi connectivity index (χ0n) is 16.5. The van der Waals surface area contributed by atoms with Crippen LogP contribution in [0.15, 0.2) is 47.4 Å². The van der Waals surface area contributed by atoms with E-state index in [9.17, 15) is 34.8 Å². The van der Waals surface area contributed by atoms with Crippen LogP contribution in [0.25, 0.3) is 4.85 Å². The number of hydrogen-bond donors (Lipinski definition) is 1. The number of sulfonamides is 1. The van der Waals surface area contributed by atoms with Crippen LogP contribution in [0.3, 0.4) is 0 Å². The van der Waals surface area contributed by atoms with E-state index in [0.717, 1.165) is 35.1 Å². The van der Waals surface area contributed by atoms with Gasteiger partial charge in [-0.3, -0.25) is 4.72 Å². The van der Waals surface area contributed by atoms with Gasteiger partial charge in [0.15, 0.2) is 5.69 Å². The topological polar surface area (TPSA) is 53.8 Å². The van der Waals surface area contributed by atoms with Gasteiger partial charge in [0.1, 0.15) is 6.54 Å². The summed E-state index contributed by atoms with van der Waals surface area (Å²) >= 11 is 1.16. The fourth-order valence-corrected chi connectivity index (χ4v) is 4.11. The van der Waals surface area contributed by atoms with Gasteiger partial charge < -0.3 is 4.90 Å². The molecule has 0 heterocycles. The van der Waals surface area contributed by atoms with E-state index in [2.05, 4.69) is 9.57 Å². The van der Waals surface area contributed by atoms with Gasteiger partial charge in [-0.2, -0.15) is 26.3 Å². The lowest BCUT2D eigenvalue weighted by atomic mass is 10.1. The number of alkyl halides is 6. The van der Waals surface area contributed by atoms with Crippen LogP contribution in [0.1, 0.15) is 5.56 Å². The molecule has 0 unspecified atom stereocenters. The summed E-state index contributed by atoms with van der Waals surface area (Å²) in [4.78, 5) is 4.19. The van der Waals surface area contributed by atoms with E-state index in [1.165, 1.54) is 12.1 Å². The lowest BCUT2D eigenvalue weighted by molar-refractivity contribution is -0.136. The van der Waals surface area contributed by atoms with Gasteiger partial charge in [-0.05, 0) is 36.4 Å². The van der Waals surface area contributed by atoms with Gasteiger partial charge in [0.25, 0.3) is 0 Å². The first-order valence-corrected chi connectivity index (χ1v) is 11.7. The zero-order chi connectivity index (χ0) is 24.2. The standard InChI is InChI=1S/C19H17F6N3O2S2/c1-26-17-8-5-14(11-16(17)19(23,24)25)28(12-18(20,21)22)9-10-31-15-6-3-13(4-7-15)27-32(2,29)30/h3-8,11,27H,9-10,12H2,2H3. The number of anilines is 2. The van der Waals surface area contributed by atoms with Crippen molar-refractivity contribution in [2.75, 3.05) is 34.7 Å². The molecule has 0 amide bonds. The van der Waals surface area contributed by atoms with Crippen molar-refractivity contribution in [3.8, 4) is 0 Å². The molecule has 0 radical (unpaired) electrons. The third-order valence-electron chi connectivity index (χ3n) is 3.93. The SMILES string of the molecule is [C-]#[N+]c1ccc(N(CCSc2ccc(NS(C)(=O)=O)cc2)CC(F)(F)F)cc1C(F)(F)F. The predicted molar refractivity (Wildman–Crippen MR) is 112 cm³/mol. The third-order valence-corrected chi connectivity index (χ3v) is 5.53. The second-order valence-electron chi connectivity index (χ2n) is 6.59. The lowest BCUT2D eigenvalue weighted by Gasteiger charge is -2.27. The Morgan fingerprint density at radius 2 is 1.69 bits per heavy atom. The molecule has 2 aromatic carbocycles. The van der Waals surface area contributed by atoms with Crippen LogP contribution in [0.5, 0.6) is 0 Å². The van der Waals surface area contributed by atoms with Crippen molar-refractivity contribution in [2.45, 2.75) is 17.2 Å². The molecule has 1 N–H and O–H groups in total. The van der Waals surface area contributed by atoms with E-state index in [0.29, 0.717) is 16.6 Å². The Morgan fingerprint density at radius 3 is 2.19 bits per heavy atom. The number of nitrogens with zero attached hydrogens (tertiary/aromatic N) is 2. The monoisotopic (exact) mass is 497 g/mol. The van der Waals surface area contributed by atoms with Crippen molar-refractivity contribution < 1.29 is 34.8 Å². The smallest absolute Gasteiger partial charge is 0.362 e. The summed E-state index contributed by atoms with van der Waals surface area (Å²) < 4.78 is 103. The van der Waals surface area contributed by atoms with Gasteiger partial charge in [0.05, 0.1) is 18.4 Å². The molecule has 0 saturated heterocycles. The highest BCUT2D eigenvalue weighted by Crippen LogP contribution is 2.39. The number of hydrogen-bond acceptors (Lipinski definition) is 4. The zero-order valence-corrected chi connectivity index (χ0v) is 18.1. The Kier molecular flexibility index (Phi) is 7.95. The van der Waals surface area contributed by atoms with Gasteiger partial charge in [0.2, 0.25) is 10.0 Å². The maximum Gasteiger partial charge on any atom is 0.407 e. The average molecular weight is 497 g/mol. The van der Waals surface area contributed by atoms with Crippen molar-refractivity contribution >= 4 is 38.8 Å². The summed E-state index contributed by atoms with van der Waals surface area (Å²) in [6.45, 7) is 5.17. The normalized spacial score (nSPS) is 12.3. The molecule has 0 spiro atoms. The van der Waals surface area contributed by atoms with E-state index in [4.69, 9.17) is 6.57 Å². The fraction of sp³-hybridized carbons (Fsp3) is 0.316. The quantitative estimate of drug-likeness (QED) is 0.285. The molecule has 0 saturated carbocycles. The molecular weight excluding hydrogens is 480 g/mol. The van der Waals surface area contributed by atoms with E-state index >= 15 is 0 Å². The molecule has 2 rings (SSSR count). The number of halogens is 6. The molecule has 2 aromatic rings. The van der Waals surface area contributed by atoms with E-state index in [-0.39, 0.29) is 18.0 Å². The van der Waals surface area contributed by atoms with Gasteiger partial charge in [0, 0.05) is 28.6 Å². The van der Waals surface area contributed by atoms with Crippen molar-refractivity contribution in [3.05, 3.63) is 59.4 Å². The first kappa shape index (κ1) is 25.7. The largest absolute Gasteiger partial charge is 0.407 e. The van der Waals surface area contributed by atoms with E-state index in [1.54, 1.807) is 12.1 Å². The van der Waals surface area contributed by atoms with Crippen LogP contribution in [-0.2, 0) is 16.2 Å². The molecule has 0 aliphatic heterocycles. The molecular formula is C19H17F6N3O2S2. The van der Waals surface area contributed by atoms with Gasteiger partial charge >= 0.3 is 12.4 Å². The lowest BCUT2D eigenvalue weighted by Crippen LogP contribution is -2.36. The Bertz CT molecular complexity index is 1080. The third kappa shape index (κ3) is 8.16. The number of nitrogens with one attached hydrogen (secondary N) is 1. The van der Waals surface area contributed by atoms with Crippen LogP contribution >= 0.6 is 11.8 Å².